The zero-order valence-electron chi connectivity index (χ0n) is 16.0. The number of halogens is 4. The van der Waals surface area contributed by atoms with Gasteiger partial charge in [0.1, 0.15) is 5.69 Å². The minimum absolute atomic E-state index is 0.113. The molecule has 9 heteroatoms. The molecule has 0 aliphatic carbocycles. The summed E-state index contributed by atoms with van der Waals surface area (Å²) in [4.78, 5) is 20.0. The molecule has 1 heterocycles. The molecule has 0 aliphatic rings. The summed E-state index contributed by atoms with van der Waals surface area (Å²) in [5.74, 6) is -0.469. The molecule has 0 unspecified atom stereocenters. The number of hydrogen-bond acceptors (Lipinski definition) is 4. The number of carbonyl (C=O) groups excluding carboxylic acids is 1. The fourth-order valence-corrected chi connectivity index (χ4v) is 3.47. The molecule has 0 aliphatic heterocycles. The fraction of sp³-hybridized carbons (Fsp3) is 0.190. The maximum Gasteiger partial charge on any atom is 0.433 e. The van der Waals surface area contributed by atoms with Crippen LogP contribution in [-0.2, 0) is 11.0 Å². The monoisotopic (exact) mass is 495 g/mol. The van der Waals surface area contributed by atoms with E-state index in [0.29, 0.717) is 11.3 Å². The van der Waals surface area contributed by atoms with Crippen molar-refractivity contribution >= 4 is 39.3 Å². The Balaban J connectivity index is 1.78. The maximum atomic E-state index is 13.3. The summed E-state index contributed by atoms with van der Waals surface area (Å²) in [6.45, 7) is 3.89. The number of aryl methyl sites for hydroxylation is 2. The molecule has 3 rings (SSSR count). The molecule has 0 fully saturated rings. The van der Waals surface area contributed by atoms with E-state index in [0.717, 1.165) is 33.4 Å². The van der Waals surface area contributed by atoms with E-state index in [9.17, 15) is 18.0 Å². The molecule has 3 aromatic rings. The minimum Gasteiger partial charge on any atom is -0.325 e. The largest absolute Gasteiger partial charge is 0.433 e. The number of alkyl halides is 3. The number of carbonyl (C=O) groups is 1. The average Bonchev–Trinajstić information content (AvgIpc) is 2.69. The SMILES string of the molecule is Cc1ccc(NC(=O)CSc2nc(-c3ccc(Br)cc3)cc(C(F)(F)F)n2)cc1C. The van der Waals surface area contributed by atoms with Gasteiger partial charge < -0.3 is 5.32 Å². The van der Waals surface area contributed by atoms with E-state index < -0.39 is 11.9 Å². The van der Waals surface area contributed by atoms with Gasteiger partial charge in [0.2, 0.25) is 5.91 Å². The first kappa shape index (κ1) is 22.3. The van der Waals surface area contributed by atoms with Gasteiger partial charge in [-0.2, -0.15) is 13.2 Å². The third-order valence-corrected chi connectivity index (χ3v) is 5.64. The molecule has 1 N–H and O–H groups in total. The third kappa shape index (κ3) is 5.82. The Kier molecular flexibility index (Phi) is 6.82. The van der Waals surface area contributed by atoms with Gasteiger partial charge in [-0.1, -0.05) is 45.9 Å². The molecule has 30 heavy (non-hydrogen) atoms. The number of thioether (sulfide) groups is 1. The van der Waals surface area contributed by atoms with E-state index in [1.54, 1.807) is 30.3 Å². The van der Waals surface area contributed by atoms with E-state index >= 15 is 0 Å². The van der Waals surface area contributed by atoms with E-state index in [-0.39, 0.29) is 22.5 Å². The standard InChI is InChI=1S/C21H17BrF3N3OS/c1-12-3-8-16(9-13(12)2)26-19(29)11-30-20-27-17(10-18(28-20)21(23,24)25)14-4-6-15(22)7-5-14/h3-10H,11H2,1-2H3,(H,26,29). The summed E-state index contributed by atoms with van der Waals surface area (Å²) in [5, 5.41) is 2.62. The van der Waals surface area contributed by atoms with Crippen LogP contribution < -0.4 is 5.32 Å². The number of hydrogen-bond donors (Lipinski definition) is 1. The summed E-state index contributed by atoms with van der Waals surface area (Å²) in [5.41, 5.74) is 2.37. The molecule has 1 amide bonds. The van der Waals surface area contributed by atoms with Gasteiger partial charge in [0, 0.05) is 15.7 Å². The third-order valence-electron chi connectivity index (χ3n) is 4.26. The summed E-state index contributed by atoms with van der Waals surface area (Å²) < 4.78 is 40.7. The lowest BCUT2D eigenvalue weighted by Gasteiger charge is -2.11. The second kappa shape index (κ2) is 9.18. The van der Waals surface area contributed by atoms with Crippen molar-refractivity contribution < 1.29 is 18.0 Å². The molecule has 0 saturated carbocycles. The van der Waals surface area contributed by atoms with Gasteiger partial charge in [0.25, 0.3) is 0 Å². The van der Waals surface area contributed by atoms with Gasteiger partial charge in [-0.25, -0.2) is 9.97 Å². The second-order valence-electron chi connectivity index (χ2n) is 6.56. The molecule has 0 bridgehead atoms. The summed E-state index contributed by atoms with van der Waals surface area (Å²) >= 11 is 4.15. The summed E-state index contributed by atoms with van der Waals surface area (Å²) in [7, 11) is 0. The van der Waals surface area contributed by atoms with Crippen LogP contribution in [0.1, 0.15) is 16.8 Å². The van der Waals surface area contributed by atoms with Gasteiger partial charge >= 0.3 is 6.18 Å². The number of benzene rings is 2. The number of amides is 1. The highest BCUT2D eigenvalue weighted by atomic mass is 79.9. The highest BCUT2D eigenvalue weighted by Gasteiger charge is 2.34. The Labute approximate surface area is 184 Å². The average molecular weight is 496 g/mol. The lowest BCUT2D eigenvalue weighted by molar-refractivity contribution is -0.141. The molecular weight excluding hydrogens is 479 g/mol. The van der Waals surface area contributed by atoms with Gasteiger partial charge in [-0.3, -0.25) is 4.79 Å². The van der Waals surface area contributed by atoms with Crippen LogP contribution in [0.4, 0.5) is 18.9 Å². The van der Waals surface area contributed by atoms with Gasteiger partial charge in [-0.05, 0) is 55.3 Å². The van der Waals surface area contributed by atoms with E-state index in [1.165, 1.54) is 0 Å². The van der Waals surface area contributed by atoms with Crippen LogP contribution in [0.5, 0.6) is 0 Å². The molecule has 2 aromatic carbocycles. The lowest BCUT2D eigenvalue weighted by atomic mass is 10.1. The highest BCUT2D eigenvalue weighted by Crippen LogP contribution is 2.32. The van der Waals surface area contributed by atoms with Crippen molar-refractivity contribution in [3.63, 3.8) is 0 Å². The summed E-state index contributed by atoms with van der Waals surface area (Å²) in [6, 6.07) is 13.2. The topological polar surface area (TPSA) is 54.9 Å². The first-order valence-corrected chi connectivity index (χ1v) is 10.6. The van der Waals surface area contributed by atoms with Crippen molar-refractivity contribution in [3.05, 3.63) is 69.8 Å². The predicted octanol–water partition coefficient (Wildman–Crippen LogP) is 6.27. The lowest BCUT2D eigenvalue weighted by Crippen LogP contribution is -2.15. The Morgan fingerprint density at radius 1 is 1.03 bits per heavy atom. The molecule has 0 radical (unpaired) electrons. The number of anilines is 1. The normalized spacial score (nSPS) is 11.4. The van der Waals surface area contributed by atoms with Crippen molar-refractivity contribution in [2.24, 2.45) is 0 Å². The minimum atomic E-state index is -4.62. The molecule has 0 saturated heterocycles. The Hall–Kier alpha value is -2.39. The molecule has 4 nitrogen and oxygen atoms in total. The van der Waals surface area contributed by atoms with E-state index in [1.807, 2.05) is 26.0 Å². The van der Waals surface area contributed by atoms with E-state index in [2.05, 4.69) is 31.2 Å². The molecular formula is C21H17BrF3N3OS. The van der Waals surface area contributed by atoms with Gasteiger partial charge in [-0.15, -0.1) is 0 Å². The van der Waals surface area contributed by atoms with Gasteiger partial charge in [0.15, 0.2) is 5.16 Å². The van der Waals surface area contributed by atoms with Crippen LogP contribution in [0.15, 0.2) is 58.2 Å². The Bertz CT molecular complexity index is 1070. The Morgan fingerprint density at radius 2 is 1.73 bits per heavy atom. The number of nitrogens with one attached hydrogen (secondary N) is 1. The van der Waals surface area contributed by atoms with Gasteiger partial charge in [0.05, 0.1) is 11.4 Å². The smallest absolute Gasteiger partial charge is 0.325 e. The highest BCUT2D eigenvalue weighted by molar-refractivity contribution is 9.10. The molecule has 0 atom stereocenters. The van der Waals surface area contributed by atoms with Crippen LogP contribution in [0.25, 0.3) is 11.3 Å². The summed E-state index contributed by atoms with van der Waals surface area (Å²) in [6.07, 6.45) is -4.62. The fourth-order valence-electron chi connectivity index (χ4n) is 2.55. The maximum absolute atomic E-state index is 13.3. The molecule has 0 spiro atoms. The quantitative estimate of drug-likeness (QED) is 0.334. The van der Waals surface area contributed by atoms with E-state index in [4.69, 9.17) is 0 Å². The van der Waals surface area contributed by atoms with Crippen LogP contribution in [0, 0.1) is 13.8 Å². The van der Waals surface area contributed by atoms with Crippen molar-refractivity contribution in [3.8, 4) is 11.3 Å². The predicted molar refractivity (Wildman–Crippen MR) is 115 cm³/mol. The molecule has 1 aromatic heterocycles. The van der Waals surface area contributed by atoms with Crippen LogP contribution >= 0.6 is 27.7 Å². The van der Waals surface area contributed by atoms with Crippen molar-refractivity contribution in [1.29, 1.82) is 0 Å². The number of nitrogens with zero attached hydrogens (tertiary/aromatic N) is 2. The first-order chi connectivity index (χ1) is 14.1. The molecule has 156 valence electrons. The van der Waals surface area contributed by atoms with Crippen molar-refractivity contribution in [2.45, 2.75) is 25.2 Å². The number of rotatable bonds is 5. The Morgan fingerprint density at radius 3 is 2.37 bits per heavy atom. The second-order valence-corrected chi connectivity index (χ2v) is 8.42. The van der Waals surface area contributed by atoms with Crippen LogP contribution in [0.3, 0.4) is 0 Å². The van der Waals surface area contributed by atoms with Crippen LogP contribution in [-0.4, -0.2) is 21.6 Å². The first-order valence-electron chi connectivity index (χ1n) is 8.84. The number of aromatic nitrogens is 2. The van der Waals surface area contributed by atoms with Crippen LogP contribution in [0.2, 0.25) is 0 Å². The van der Waals surface area contributed by atoms with Crippen molar-refractivity contribution in [1.82, 2.24) is 9.97 Å². The zero-order chi connectivity index (χ0) is 21.9. The zero-order valence-corrected chi connectivity index (χ0v) is 18.5. The van der Waals surface area contributed by atoms with Crippen molar-refractivity contribution in [2.75, 3.05) is 11.1 Å².